The first-order valence-corrected chi connectivity index (χ1v) is 6.00. The molecule has 0 saturated heterocycles. The highest BCUT2D eigenvalue weighted by atomic mass is 16.5. The molecule has 1 aromatic carbocycles. The van der Waals surface area contributed by atoms with Gasteiger partial charge in [0.25, 0.3) is 0 Å². The molecule has 0 saturated carbocycles. The maximum Gasteiger partial charge on any atom is 0.161 e. The van der Waals surface area contributed by atoms with Crippen molar-refractivity contribution in [2.45, 2.75) is 26.2 Å². The van der Waals surface area contributed by atoms with Crippen LogP contribution in [0.15, 0.2) is 30.4 Å². The predicted octanol–water partition coefficient (Wildman–Crippen LogP) is 3.17. The molecule has 0 unspecified atom stereocenters. The molecule has 0 spiro atoms. The molecule has 0 N–H and O–H groups in total. The van der Waals surface area contributed by atoms with Gasteiger partial charge in [0.15, 0.2) is 11.5 Å². The van der Waals surface area contributed by atoms with E-state index in [1.807, 2.05) is 25.1 Å². The lowest BCUT2D eigenvalue weighted by Gasteiger charge is -2.09. The van der Waals surface area contributed by atoms with Crippen molar-refractivity contribution in [1.29, 1.82) is 0 Å². The lowest BCUT2D eigenvalue weighted by atomic mass is 10.0. The van der Waals surface area contributed by atoms with Gasteiger partial charge in [0.05, 0.1) is 14.2 Å². The Bertz CT molecular complexity index is 435. The van der Waals surface area contributed by atoms with Crippen molar-refractivity contribution in [3.05, 3.63) is 35.9 Å². The topological polar surface area (TPSA) is 35.5 Å². The molecular formula is C15H20O3. The SMILES string of the molecule is C=C(CC)CC(=O)Cc1ccc(OC)c(OC)c1. The first-order valence-electron chi connectivity index (χ1n) is 6.00. The summed E-state index contributed by atoms with van der Waals surface area (Å²) in [6, 6.07) is 5.54. The molecule has 3 nitrogen and oxygen atoms in total. The van der Waals surface area contributed by atoms with Crippen LogP contribution in [-0.2, 0) is 11.2 Å². The number of Topliss-reactive ketones (excluding diaryl/α,β-unsaturated/α-hetero) is 1. The van der Waals surface area contributed by atoms with Crippen LogP contribution in [0.5, 0.6) is 11.5 Å². The maximum atomic E-state index is 11.8. The molecule has 0 aliphatic heterocycles. The van der Waals surface area contributed by atoms with E-state index in [-0.39, 0.29) is 5.78 Å². The zero-order valence-corrected chi connectivity index (χ0v) is 11.3. The van der Waals surface area contributed by atoms with Crippen LogP contribution < -0.4 is 9.47 Å². The molecule has 0 aromatic heterocycles. The van der Waals surface area contributed by atoms with E-state index in [1.54, 1.807) is 14.2 Å². The summed E-state index contributed by atoms with van der Waals surface area (Å²) in [5.74, 6) is 1.50. The minimum atomic E-state index is 0.175. The highest BCUT2D eigenvalue weighted by Gasteiger charge is 2.09. The Morgan fingerprint density at radius 2 is 1.89 bits per heavy atom. The van der Waals surface area contributed by atoms with Crippen molar-refractivity contribution in [2.24, 2.45) is 0 Å². The standard InChI is InChI=1S/C15H20O3/c1-5-11(2)8-13(16)9-12-6-7-14(17-3)15(10-12)18-4/h6-7,10H,2,5,8-9H2,1,3-4H3. The van der Waals surface area contributed by atoms with Crippen molar-refractivity contribution >= 4 is 5.78 Å². The third-order valence-electron chi connectivity index (χ3n) is 2.80. The predicted molar refractivity (Wildman–Crippen MR) is 72.3 cm³/mol. The van der Waals surface area contributed by atoms with Gasteiger partial charge in [0.2, 0.25) is 0 Å². The number of carbonyl (C=O) groups is 1. The molecule has 0 aliphatic rings. The fraction of sp³-hybridized carbons (Fsp3) is 0.400. The molecule has 98 valence electrons. The van der Waals surface area contributed by atoms with E-state index in [2.05, 4.69) is 6.58 Å². The van der Waals surface area contributed by atoms with Crippen molar-refractivity contribution in [3.63, 3.8) is 0 Å². The lowest BCUT2D eigenvalue weighted by Crippen LogP contribution is -2.04. The number of hydrogen-bond donors (Lipinski definition) is 0. The number of allylic oxidation sites excluding steroid dienone is 1. The number of ether oxygens (including phenoxy) is 2. The van der Waals surface area contributed by atoms with Crippen molar-refractivity contribution in [3.8, 4) is 11.5 Å². The average molecular weight is 248 g/mol. The van der Waals surface area contributed by atoms with Gasteiger partial charge >= 0.3 is 0 Å². The van der Waals surface area contributed by atoms with Crippen LogP contribution in [0.3, 0.4) is 0 Å². The van der Waals surface area contributed by atoms with Gasteiger partial charge in [0.1, 0.15) is 5.78 Å². The minimum absolute atomic E-state index is 0.175. The molecule has 0 bridgehead atoms. The van der Waals surface area contributed by atoms with Crippen LogP contribution in [0, 0.1) is 0 Å². The Morgan fingerprint density at radius 3 is 2.44 bits per heavy atom. The summed E-state index contributed by atoms with van der Waals surface area (Å²) in [5.41, 5.74) is 1.90. The fourth-order valence-electron chi connectivity index (χ4n) is 1.68. The Labute approximate surface area is 108 Å². The summed E-state index contributed by atoms with van der Waals surface area (Å²) in [4.78, 5) is 11.8. The zero-order chi connectivity index (χ0) is 13.5. The minimum Gasteiger partial charge on any atom is -0.493 e. The van der Waals surface area contributed by atoms with Gasteiger partial charge in [0, 0.05) is 12.8 Å². The average Bonchev–Trinajstić information content (AvgIpc) is 2.38. The molecule has 18 heavy (non-hydrogen) atoms. The zero-order valence-electron chi connectivity index (χ0n) is 11.3. The van der Waals surface area contributed by atoms with E-state index < -0.39 is 0 Å². The summed E-state index contributed by atoms with van der Waals surface area (Å²) in [6.45, 7) is 5.86. The van der Waals surface area contributed by atoms with Crippen LogP contribution in [0.2, 0.25) is 0 Å². The Balaban J connectivity index is 2.73. The van der Waals surface area contributed by atoms with E-state index in [9.17, 15) is 4.79 Å². The number of rotatable bonds is 7. The first kappa shape index (κ1) is 14.3. The Morgan fingerprint density at radius 1 is 1.22 bits per heavy atom. The summed E-state index contributed by atoms with van der Waals surface area (Å²) in [5, 5.41) is 0. The summed E-state index contributed by atoms with van der Waals surface area (Å²) in [6.07, 6.45) is 1.70. The number of ketones is 1. The summed E-state index contributed by atoms with van der Waals surface area (Å²) < 4.78 is 10.4. The van der Waals surface area contributed by atoms with Crippen LogP contribution >= 0.6 is 0 Å². The first-order chi connectivity index (χ1) is 8.60. The monoisotopic (exact) mass is 248 g/mol. The van der Waals surface area contributed by atoms with Gasteiger partial charge in [-0.05, 0) is 24.1 Å². The second-order valence-corrected chi connectivity index (χ2v) is 4.19. The third-order valence-corrected chi connectivity index (χ3v) is 2.80. The maximum absolute atomic E-state index is 11.8. The van der Waals surface area contributed by atoms with Crippen LogP contribution in [0.25, 0.3) is 0 Å². The molecule has 1 aromatic rings. The molecule has 0 heterocycles. The second-order valence-electron chi connectivity index (χ2n) is 4.19. The van der Waals surface area contributed by atoms with Crippen LogP contribution in [0.1, 0.15) is 25.3 Å². The molecule has 1 rings (SSSR count). The largest absolute Gasteiger partial charge is 0.493 e. The van der Waals surface area contributed by atoms with Crippen molar-refractivity contribution < 1.29 is 14.3 Å². The highest BCUT2D eigenvalue weighted by molar-refractivity contribution is 5.83. The van der Waals surface area contributed by atoms with Gasteiger partial charge in [-0.1, -0.05) is 25.1 Å². The third kappa shape index (κ3) is 3.91. The van der Waals surface area contributed by atoms with Crippen LogP contribution in [0.4, 0.5) is 0 Å². The van der Waals surface area contributed by atoms with Crippen molar-refractivity contribution in [2.75, 3.05) is 14.2 Å². The number of benzene rings is 1. The van der Waals surface area contributed by atoms with Gasteiger partial charge < -0.3 is 9.47 Å². The second kappa shape index (κ2) is 6.84. The smallest absolute Gasteiger partial charge is 0.161 e. The van der Waals surface area contributed by atoms with E-state index in [0.717, 1.165) is 17.6 Å². The quantitative estimate of drug-likeness (QED) is 0.695. The fourth-order valence-corrected chi connectivity index (χ4v) is 1.68. The molecular weight excluding hydrogens is 228 g/mol. The highest BCUT2D eigenvalue weighted by Crippen LogP contribution is 2.27. The number of methoxy groups -OCH3 is 2. The molecule has 3 heteroatoms. The molecule has 0 fully saturated rings. The van der Waals surface area contributed by atoms with E-state index >= 15 is 0 Å². The van der Waals surface area contributed by atoms with Gasteiger partial charge in [-0.2, -0.15) is 0 Å². The van der Waals surface area contributed by atoms with E-state index in [1.165, 1.54) is 0 Å². The number of hydrogen-bond acceptors (Lipinski definition) is 3. The van der Waals surface area contributed by atoms with Gasteiger partial charge in [-0.25, -0.2) is 0 Å². The van der Waals surface area contributed by atoms with E-state index in [0.29, 0.717) is 24.3 Å². The van der Waals surface area contributed by atoms with Crippen molar-refractivity contribution in [1.82, 2.24) is 0 Å². The molecule has 0 radical (unpaired) electrons. The lowest BCUT2D eigenvalue weighted by molar-refractivity contribution is -0.117. The van der Waals surface area contributed by atoms with Gasteiger partial charge in [-0.15, -0.1) is 0 Å². The summed E-state index contributed by atoms with van der Waals surface area (Å²) >= 11 is 0. The molecule has 0 atom stereocenters. The summed E-state index contributed by atoms with van der Waals surface area (Å²) in [7, 11) is 3.18. The Kier molecular flexibility index (Phi) is 5.43. The normalized spacial score (nSPS) is 9.94. The molecule has 0 amide bonds. The Hall–Kier alpha value is -1.77. The van der Waals surface area contributed by atoms with E-state index in [4.69, 9.17) is 9.47 Å². The van der Waals surface area contributed by atoms with Crippen LogP contribution in [-0.4, -0.2) is 20.0 Å². The molecule has 0 aliphatic carbocycles. The van der Waals surface area contributed by atoms with Gasteiger partial charge in [-0.3, -0.25) is 4.79 Å². The number of carbonyl (C=O) groups excluding carboxylic acids is 1.